The minimum atomic E-state index is -4.03. The molecule has 6 heteroatoms. The first-order valence-electron chi connectivity index (χ1n) is 5.29. The highest BCUT2D eigenvalue weighted by Crippen LogP contribution is 2.12. The minimum absolute atomic E-state index is 0.0278. The smallest absolute Gasteiger partial charge is 0.294 e. The number of nitrogens with zero attached hydrogens (tertiary/aromatic N) is 2. The molecule has 0 amide bonds. The highest BCUT2D eigenvalue weighted by Gasteiger charge is 2.10. The molecule has 18 heavy (non-hydrogen) atoms. The Balaban J connectivity index is 0.000000199. The molecular formula is C12H16N2O3S. The molecule has 2 rings (SSSR count). The number of hydrogen-bond donors (Lipinski definition) is 1. The van der Waals surface area contributed by atoms with Crippen LogP contribution in [-0.4, -0.2) is 22.5 Å². The third-order valence-electron chi connectivity index (χ3n) is 2.43. The first-order chi connectivity index (χ1) is 8.32. The van der Waals surface area contributed by atoms with Gasteiger partial charge in [-0.05, 0) is 25.5 Å². The van der Waals surface area contributed by atoms with Crippen molar-refractivity contribution in [2.24, 2.45) is 7.05 Å². The quantitative estimate of drug-likeness (QED) is 0.803. The topological polar surface area (TPSA) is 72.2 Å². The predicted octanol–water partition coefficient (Wildman–Crippen LogP) is 1.97. The van der Waals surface area contributed by atoms with Gasteiger partial charge in [-0.15, -0.1) is 0 Å². The molecular weight excluding hydrogens is 252 g/mol. The van der Waals surface area contributed by atoms with Crippen molar-refractivity contribution >= 4 is 10.1 Å². The predicted molar refractivity (Wildman–Crippen MR) is 68.9 cm³/mol. The van der Waals surface area contributed by atoms with Gasteiger partial charge in [-0.3, -0.25) is 4.55 Å². The summed E-state index contributed by atoms with van der Waals surface area (Å²) in [6.45, 7) is 3.60. The molecule has 0 aliphatic heterocycles. The summed E-state index contributed by atoms with van der Waals surface area (Å²) >= 11 is 0. The number of aromatic nitrogens is 2. The maximum absolute atomic E-state index is 10.6. The van der Waals surface area contributed by atoms with E-state index in [0.717, 1.165) is 5.82 Å². The molecule has 1 aromatic heterocycles. The second-order valence-corrected chi connectivity index (χ2v) is 5.22. The van der Waals surface area contributed by atoms with E-state index in [1.807, 2.05) is 24.7 Å². The van der Waals surface area contributed by atoms with Crippen LogP contribution in [0.2, 0.25) is 0 Å². The van der Waals surface area contributed by atoms with Crippen LogP contribution in [0.15, 0.2) is 41.6 Å². The molecule has 0 atom stereocenters. The van der Waals surface area contributed by atoms with Crippen molar-refractivity contribution in [1.29, 1.82) is 0 Å². The third kappa shape index (κ3) is 3.97. The maximum atomic E-state index is 10.6. The first-order valence-corrected chi connectivity index (χ1v) is 6.73. The lowest BCUT2D eigenvalue weighted by molar-refractivity contribution is 0.482. The van der Waals surface area contributed by atoms with Gasteiger partial charge in [0, 0.05) is 19.4 Å². The van der Waals surface area contributed by atoms with Crippen LogP contribution >= 0.6 is 0 Å². The third-order valence-corrected chi connectivity index (χ3v) is 3.45. The van der Waals surface area contributed by atoms with Crippen LogP contribution in [0.3, 0.4) is 0 Å². The summed E-state index contributed by atoms with van der Waals surface area (Å²) in [6, 6.07) is 6.27. The molecule has 0 saturated carbocycles. The summed E-state index contributed by atoms with van der Waals surface area (Å²) in [4.78, 5) is 3.95. The molecule has 0 fully saturated rings. The lowest BCUT2D eigenvalue weighted by atomic mass is 10.2. The van der Waals surface area contributed by atoms with Crippen LogP contribution in [0.1, 0.15) is 11.4 Å². The number of aryl methyl sites for hydroxylation is 3. The van der Waals surface area contributed by atoms with Crippen LogP contribution in [0.5, 0.6) is 0 Å². The summed E-state index contributed by atoms with van der Waals surface area (Å²) in [5.74, 6) is 1.06. The van der Waals surface area contributed by atoms with E-state index in [-0.39, 0.29) is 4.90 Å². The van der Waals surface area contributed by atoms with E-state index in [0.29, 0.717) is 5.56 Å². The van der Waals surface area contributed by atoms with Crippen LogP contribution in [0.25, 0.3) is 0 Å². The van der Waals surface area contributed by atoms with Gasteiger partial charge in [0.25, 0.3) is 10.1 Å². The fourth-order valence-electron chi connectivity index (χ4n) is 1.29. The molecule has 2 aromatic rings. The van der Waals surface area contributed by atoms with Crippen molar-refractivity contribution in [3.8, 4) is 0 Å². The molecule has 1 aromatic carbocycles. The van der Waals surface area contributed by atoms with Crippen molar-refractivity contribution in [2.45, 2.75) is 18.7 Å². The van der Waals surface area contributed by atoms with Gasteiger partial charge in [0.05, 0.1) is 4.90 Å². The monoisotopic (exact) mass is 268 g/mol. The van der Waals surface area contributed by atoms with Gasteiger partial charge >= 0.3 is 0 Å². The Labute approximate surface area is 107 Å². The molecule has 0 aliphatic rings. The Bertz CT molecular complexity index is 601. The van der Waals surface area contributed by atoms with Crippen LogP contribution in [0.4, 0.5) is 0 Å². The van der Waals surface area contributed by atoms with E-state index >= 15 is 0 Å². The molecule has 1 N–H and O–H groups in total. The molecule has 0 saturated heterocycles. The first kappa shape index (κ1) is 14.4. The van der Waals surface area contributed by atoms with Crippen molar-refractivity contribution in [3.63, 3.8) is 0 Å². The highest BCUT2D eigenvalue weighted by molar-refractivity contribution is 7.85. The van der Waals surface area contributed by atoms with Crippen molar-refractivity contribution in [3.05, 3.63) is 48.0 Å². The largest absolute Gasteiger partial charge is 0.338 e. The highest BCUT2D eigenvalue weighted by atomic mass is 32.2. The van der Waals surface area contributed by atoms with E-state index < -0.39 is 10.1 Å². The van der Waals surface area contributed by atoms with E-state index in [9.17, 15) is 8.42 Å². The van der Waals surface area contributed by atoms with Gasteiger partial charge in [0.15, 0.2) is 0 Å². The molecule has 0 spiro atoms. The molecule has 1 heterocycles. The summed E-state index contributed by atoms with van der Waals surface area (Å²) in [6.07, 6.45) is 3.71. The van der Waals surface area contributed by atoms with Gasteiger partial charge in [-0.25, -0.2) is 4.98 Å². The van der Waals surface area contributed by atoms with Gasteiger partial charge in [0.2, 0.25) is 0 Å². The standard InChI is InChI=1S/C7H8O3S.C5H8N2/c1-6-4-2-3-5-7(6)11(8,9)10;1-5-6-3-4-7(5)2/h2-5H,1H3,(H,8,9,10);3-4H,1-2H3. The minimum Gasteiger partial charge on any atom is -0.338 e. The zero-order valence-electron chi connectivity index (χ0n) is 10.5. The normalized spacial score (nSPS) is 10.7. The van der Waals surface area contributed by atoms with Crippen molar-refractivity contribution < 1.29 is 13.0 Å². The second-order valence-electron chi connectivity index (χ2n) is 3.83. The lowest BCUT2D eigenvalue weighted by Crippen LogP contribution is -1.99. The van der Waals surface area contributed by atoms with E-state index in [1.54, 1.807) is 31.3 Å². The fourth-order valence-corrected chi connectivity index (χ4v) is 2.01. The number of benzene rings is 1. The Kier molecular flexibility index (Phi) is 4.63. The Morgan fingerprint density at radius 1 is 1.22 bits per heavy atom. The molecule has 0 radical (unpaired) electrons. The Morgan fingerprint density at radius 3 is 2.11 bits per heavy atom. The summed E-state index contributed by atoms with van der Waals surface area (Å²) in [7, 11) is -2.06. The van der Waals surface area contributed by atoms with E-state index in [1.165, 1.54) is 6.07 Å². The van der Waals surface area contributed by atoms with Gasteiger partial charge < -0.3 is 4.57 Å². The van der Waals surface area contributed by atoms with E-state index in [2.05, 4.69) is 4.98 Å². The SMILES string of the molecule is Cc1ccccc1S(=O)(=O)O.Cc1nccn1C. The van der Waals surface area contributed by atoms with Crippen LogP contribution in [-0.2, 0) is 17.2 Å². The lowest BCUT2D eigenvalue weighted by Gasteiger charge is -1.99. The Morgan fingerprint density at radius 2 is 1.83 bits per heavy atom. The van der Waals surface area contributed by atoms with Crippen LogP contribution < -0.4 is 0 Å². The average molecular weight is 268 g/mol. The maximum Gasteiger partial charge on any atom is 0.294 e. The molecule has 5 nitrogen and oxygen atoms in total. The number of hydrogen-bond acceptors (Lipinski definition) is 3. The fraction of sp³-hybridized carbons (Fsp3) is 0.250. The molecule has 0 unspecified atom stereocenters. The summed E-state index contributed by atoms with van der Waals surface area (Å²) in [5.41, 5.74) is 0.551. The zero-order chi connectivity index (χ0) is 13.8. The van der Waals surface area contributed by atoms with Gasteiger partial charge in [0.1, 0.15) is 5.82 Å². The summed E-state index contributed by atoms with van der Waals surface area (Å²) < 4.78 is 31.8. The van der Waals surface area contributed by atoms with Crippen molar-refractivity contribution in [1.82, 2.24) is 9.55 Å². The summed E-state index contributed by atoms with van der Waals surface area (Å²) in [5, 5.41) is 0. The van der Waals surface area contributed by atoms with Gasteiger partial charge in [-0.2, -0.15) is 8.42 Å². The average Bonchev–Trinajstić information content (AvgIpc) is 2.63. The van der Waals surface area contributed by atoms with Gasteiger partial charge in [-0.1, -0.05) is 18.2 Å². The Hall–Kier alpha value is -1.66. The number of imidazole rings is 1. The van der Waals surface area contributed by atoms with Crippen LogP contribution in [0, 0.1) is 13.8 Å². The molecule has 0 bridgehead atoms. The van der Waals surface area contributed by atoms with Crippen molar-refractivity contribution in [2.75, 3.05) is 0 Å². The molecule has 0 aliphatic carbocycles. The number of rotatable bonds is 1. The van der Waals surface area contributed by atoms with E-state index in [4.69, 9.17) is 4.55 Å². The second kappa shape index (κ2) is 5.79. The molecule has 98 valence electrons. The zero-order valence-corrected chi connectivity index (χ0v) is 11.3.